The summed E-state index contributed by atoms with van der Waals surface area (Å²) in [5, 5.41) is 16.8. The Balaban J connectivity index is 1.58. The molecule has 3 N–H and O–H groups in total. The molecule has 0 radical (unpaired) electrons. The second-order valence-electron chi connectivity index (χ2n) is 8.48. The Hall–Kier alpha value is -2.94. The number of benzene rings is 2. The fourth-order valence-electron chi connectivity index (χ4n) is 5.25. The number of likely N-dealkylation sites (tertiary alicyclic amines) is 1. The van der Waals surface area contributed by atoms with Crippen LogP contribution in [0.2, 0.25) is 5.02 Å². The molecule has 9 heteroatoms. The Morgan fingerprint density at radius 2 is 1.88 bits per heavy atom. The van der Waals surface area contributed by atoms with Crippen LogP contribution in [0.1, 0.15) is 18.1 Å². The van der Waals surface area contributed by atoms with Gasteiger partial charge in [0.2, 0.25) is 17.7 Å². The molecular weight excluding hydrogens is 434 g/mol. The maximum absolute atomic E-state index is 13.6. The van der Waals surface area contributed by atoms with E-state index in [1.54, 1.807) is 56.5 Å². The third-order valence-electron chi connectivity index (χ3n) is 6.72. The molecule has 1 spiro atoms. The van der Waals surface area contributed by atoms with Gasteiger partial charge in [-0.25, -0.2) is 0 Å². The summed E-state index contributed by atoms with van der Waals surface area (Å²) < 4.78 is 5.16. The van der Waals surface area contributed by atoms with Gasteiger partial charge in [-0.3, -0.25) is 24.6 Å². The van der Waals surface area contributed by atoms with Crippen molar-refractivity contribution in [3.8, 4) is 5.75 Å². The van der Waals surface area contributed by atoms with Gasteiger partial charge in [0.25, 0.3) is 0 Å². The molecule has 5 atom stereocenters. The van der Waals surface area contributed by atoms with Crippen LogP contribution in [-0.2, 0) is 26.5 Å². The van der Waals surface area contributed by atoms with Gasteiger partial charge in [-0.15, -0.1) is 0 Å². The Morgan fingerprint density at radius 3 is 2.53 bits per heavy atom. The average Bonchev–Trinajstić information content (AvgIpc) is 3.36. The van der Waals surface area contributed by atoms with E-state index in [9.17, 15) is 19.5 Å². The van der Waals surface area contributed by atoms with E-state index >= 15 is 0 Å². The van der Waals surface area contributed by atoms with Crippen LogP contribution in [0.5, 0.6) is 5.75 Å². The van der Waals surface area contributed by atoms with Gasteiger partial charge in [0, 0.05) is 22.3 Å². The summed E-state index contributed by atoms with van der Waals surface area (Å²) in [5.41, 5.74) is 0.322. The SMILES string of the molecule is COc1ccc(CN2C(=O)[C@@H]3C(C(C)O)NC4(C(=O)Nc5ccc(Cl)cc54)[C@@H]3C2=O)cc1. The molecule has 2 saturated heterocycles. The van der Waals surface area contributed by atoms with Gasteiger partial charge < -0.3 is 15.2 Å². The first-order chi connectivity index (χ1) is 15.3. The van der Waals surface area contributed by atoms with Crippen molar-refractivity contribution in [2.45, 2.75) is 31.2 Å². The number of ether oxygens (including phenoxy) is 1. The number of fused-ring (bicyclic) bond motifs is 4. The van der Waals surface area contributed by atoms with Crippen LogP contribution >= 0.6 is 11.6 Å². The molecule has 2 aromatic rings. The van der Waals surface area contributed by atoms with Crippen molar-refractivity contribution >= 4 is 35.0 Å². The molecule has 3 aliphatic rings. The van der Waals surface area contributed by atoms with E-state index in [0.717, 1.165) is 5.56 Å². The van der Waals surface area contributed by atoms with E-state index in [1.165, 1.54) is 4.90 Å². The zero-order chi connectivity index (χ0) is 22.8. The van der Waals surface area contributed by atoms with Crippen LogP contribution in [-0.4, -0.2) is 47.0 Å². The highest BCUT2D eigenvalue weighted by Crippen LogP contribution is 2.53. The first-order valence-electron chi connectivity index (χ1n) is 10.3. The number of hydrogen-bond acceptors (Lipinski definition) is 6. The first kappa shape index (κ1) is 20.9. The molecule has 3 amide bonds. The van der Waals surface area contributed by atoms with Crippen molar-refractivity contribution < 1.29 is 24.2 Å². The minimum Gasteiger partial charge on any atom is -0.497 e. The number of rotatable bonds is 4. The summed E-state index contributed by atoms with van der Waals surface area (Å²) in [6.07, 6.45) is -0.962. The highest BCUT2D eigenvalue weighted by Gasteiger charge is 2.71. The molecule has 2 aromatic carbocycles. The number of carbonyl (C=O) groups excluding carboxylic acids is 3. The molecule has 166 valence electrons. The minimum atomic E-state index is -1.48. The van der Waals surface area contributed by atoms with Gasteiger partial charge in [-0.2, -0.15) is 0 Å². The lowest BCUT2D eigenvalue weighted by Gasteiger charge is -2.30. The van der Waals surface area contributed by atoms with Crippen LogP contribution < -0.4 is 15.4 Å². The van der Waals surface area contributed by atoms with Crippen LogP contribution in [0.25, 0.3) is 0 Å². The normalized spacial score (nSPS) is 29.3. The number of nitrogens with zero attached hydrogens (tertiary/aromatic N) is 1. The predicted molar refractivity (Wildman–Crippen MR) is 116 cm³/mol. The van der Waals surface area contributed by atoms with Crippen LogP contribution in [0.4, 0.5) is 5.69 Å². The standard InChI is InChI=1S/C23H22ClN3O5/c1-11(28)19-17-18(23(26-19)15-9-13(24)5-8-16(15)25-22(23)31)21(30)27(20(17)29)10-12-3-6-14(32-2)7-4-12/h3-9,11,17-19,26,28H,10H2,1-2H3,(H,25,31)/t11?,17-,18-,19?,23?/m0/s1. The third-order valence-corrected chi connectivity index (χ3v) is 6.96. The van der Waals surface area contributed by atoms with Crippen molar-refractivity contribution in [3.63, 3.8) is 0 Å². The number of anilines is 1. The van der Waals surface area contributed by atoms with Crippen molar-refractivity contribution in [2.24, 2.45) is 11.8 Å². The number of hydrogen-bond donors (Lipinski definition) is 3. The van der Waals surface area contributed by atoms with Crippen molar-refractivity contribution in [2.75, 3.05) is 12.4 Å². The average molecular weight is 456 g/mol. The number of aliphatic hydroxyl groups is 1. The molecule has 32 heavy (non-hydrogen) atoms. The smallest absolute Gasteiger partial charge is 0.250 e. The van der Waals surface area contributed by atoms with Gasteiger partial charge in [-0.05, 0) is 42.8 Å². The van der Waals surface area contributed by atoms with Crippen molar-refractivity contribution in [3.05, 3.63) is 58.6 Å². The van der Waals surface area contributed by atoms with Gasteiger partial charge in [0.1, 0.15) is 11.3 Å². The molecule has 0 bridgehead atoms. The lowest BCUT2D eigenvalue weighted by molar-refractivity contribution is -0.143. The molecule has 5 rings (SSSR count). The van der Waals surface area contributed by atoms with E-state index in [1.807, 2.05) is 0 Å². The van der Waals surface area contributed by atoms with Crippen molar-refractivity contribution in [1.29, 1.82) is 0 Å². The lowest BCUT2D eigenvalue weighted by atomic mass is 9.76. The van der Waals surface area contributed by atoms with Crippen LogP contribution in [0.3, 0.4) is 0 Å². The van der Waals surface area contributed by atoms with Gasteiger partial charge in [0.15, 0.2) is 0 Å². The molecule has 0 aliphatic carbocycles. The zero-order valence-electron chi connectivity index (χ0n) is 17.5. The van der Waals surface area contributed by atoms with E-state index in [2.05, 4.69) is 10.6 Å². The monoisotopic (exact) mass is 455 g/mol. The summed E-state index contributed by atoms with van der Waals surface area (Å²) in [5.74, 6) is -2.49. The van der Waals surface area contributed by atoms with Crippen LogP contribution in [0, 0.1) is 11.8 Å². The molecule has 0 saturated carbocycles. The fraction of sp³-hybridized carbons (Fsp3) is 0.348. The lowest BCUT2D eigenvalue weighted by Crippen LogP contribution is -2.54. The minimum absolute atomic E-state index is 0.0707. The van der Waals surface area contributed by atoms with Gasteiger partial charge in [-0.1, -0.05) is 23.7 Å². The van der Waals surface area contributed by atoms with Gasteiger partial charge in [0.05, 0.1) is 31.6 Å². The highest BCUT2D eigenvalue weighted by atomic mass is 35.5. The molecule has 2 fully saturated rings. The zero-order valence-corrected chi connectivity index (χ0v) is 18.2. The maximum atomic E-state index is 13.6. The van der Waals surface area contributed by atoms with Crippen molar-refractivity contribution in [1.82, 2.24) is 10.2 Å². The molecule has 3 unspecified atom stereocenters. The largest absolute Gasteiger partial charge is 0.497 e. The Kier molecular flexibility index (Phi) is 4.77. The Labute approximate surface area is 189 Å². The number of aliphatic hydroxyl groups excluding tert-OH is 1. The summed E-state index contributed by atoms with van der Waals surface area (Å²) >= 11 is 6.21. The topological polar surface area (TPSA) is 108 Å². The molecule has 3 aliphatic heterocycles. The number of amides is 3. The van der Waals surface area contributed by atoms with E-state index < -0.39 is 47.2 Å². The summed E-state index contributed by atoms with van der Waals surface area (Å²) in [7, 11) is 1.56. The number of imide groups is 1. The third kappa shape index (κ3) is 2.80. The second-order valence-corrected chi connectivity index (χ2v) is 8.91. The van der Waals surface area contributed by atoms with E-state index in [-0.39, 0.29) is 6.54 Å². The number of halogens is 1. The molecule has 0 aromatic heterocycles. The molecule has 3 heterocycles. The summed E-state index contributed by atoms with van der Waals surface area (Å²) in [4.78, 5) is 41.5. The molecular formula is C23H22ClN3O5. The highest BCUT2D eigenvalue weighted by molar-refractivity contribution is 6.31. The number of methoxy groups -OCH3 is 1. The number of carbonyl (C=O) groups is 3. The van der Waals surface area contributed by atoms with E-state index in [0.29, 0.717) is 22.0 Å². The predicted octanol–water partition coefficient (Wildman–Crippen LogP) is 1.65. The number of nitrogens with one attached hydrogen (secondary N) is 2. The fourth-order valence-corrected chi connectivity index (χ4v) is 5.42. The Bertz CT molecular complexity index is 1130. The first-order valence-corrected chi connectivity index (χ1v) is 10.7. The second kappa shape index (κ2) is 7.30. The summed E-state index contributed by atoms with van der Waals surface area (Å²) in [6.45, 7) is 1.62. The van der Waals surface area contributed by atoms with Gasteiger partial charge >= 0.3 is 0 Å². The van der Waals surface area contributed by atoms with Crippen LogP contribution in [0.15, 0.2) is 42.5 Å². The van der Waals surface area contributed by atoms with E-state index in [4.69, 9.17) is 16.3 Å². The quantitative estimate of drug-likeness (QED) is 0.605. The Morgan fingerprint density at radius 1 is 1.16 bits per heavy atom. The maximum Gasteiger partial charge on any atom is 0.250 e. The molecule has 8 nitrogen and oxygen atoms in total. The summed E-state index contributed by atoms with van der Waals surface area (Å²) in [6, 6.07) is 11.3.